The van der Waals surface area contributed by atoms with Gasteiger partial charge < -0.3 is 15.2 Å². The molecule has 2 N–H and O–H groups in total. The number of carbonyl (C=O) groups is 2. The van der Waals surface area contributed by atoms with Crippen molar-refractivity contribution in [3.05, 3.63) is 23.8 Å². The van der Waals surface area contributed by atoms with Crippen molar-refractivity contribution in [2.75, 3.05) is 12.4 Å². The zero-order valence-electron chi connectivity index (χ0n) is 15.3. The molecule has 5 nitrogen and oxygen atoms in total. The minimum atomic E-state index is -0.935. The van der Waals surface area contributed by atoms with Crippen LogP contribution in [0.2, 0.25) is 0 Å². The number of carboxylic acid groups (broad SMARTS) is 1. The molecule has 0 radical (unpaired) electrons. The van der Waals surface area contributed by atoms with Crippen molar-refractivity contribution in [3.8, 4) is 5.75 Å². The molecule has 1 saturated carbocycles. The Hall–Kier alpha value is -2.04. The Bertz CT molecular complexity index is 682. The van der Waals surface area contributed by atoms with E-state index in [0.29, 0.717) is 24.3 Å². The van der Waals surface area contributed by atoms with E-state index in [1.807, 2.05) is 45.9 Å². The fourth-order valence-corrected chi connectivity index (χ4v) is 3.69. The zero-order chi connectivity index (χ0) is 18.3. The topological polar surface area (TPSA) is 75.6 Å². The smallest absolute Gasteiger partial charge is 0.309 e. The van der Waals surface area contributed by atoms with Gasteiger partial charge in [0.2, 0.25) is 5.91 Å². The lowest BCUT2D eigenvalue weighted by molar-refractivity contribution is -0.157. The zero-order valence-corrected chi connectivity index (χ0v) is 15.3. The quantitative estimate of drug-likeness (QED) is 0.877. The Morgan fingerprint density at radius 1 is 1.12 bits per heavy atom. The van der Waals surface area contributed by atoms with E-state index in [1.165, 1.54) is 0 Å². The lowest BCUT2D eigenvalue weighted by Gasteiger charge is -2.44. The molecule has 0 aromatic heterocycles. The van der Waals surface area contributed by atoms with Crippen molar-refractivity contribution >= 4 is 17.6 Å². The van der Waals surface area contributed by atoms with E-state index in [2.05, 4.69) is 5.32 Å². The van der Waals surface area contributed by atoms with E-state index in [4.69, 9.17) is 4.74 Å². The number of aryl methyl sites for hydroxylation is 1. The minimum Gasteiger partial charge on any atom is -0.495 e. The third-order valence-electron chi connectivity index (χ3n) is 6.46. The Morgan fingerprint density at radius 3 is 2.21 bits per heavy atom. The number of amides is 1. The second kappa shape index (κ2) is 5.80. The average molecular weight is 333 g/mol. The first-order valence-corrected chi connectivity index (χ1v) is 8.19. The summed E-state index contributed by atoms with van der Waals surface area (Å²) in [7, 11) is 1.56. The monoisotopic (exact) mass is 333 g/mol. The van der Waals surface area contributed by atoms with Crippen molar-refractivity contribution in [1.82, 2.24) is 0 Å². The summed E-state index contributed by atoms with van der Waals surface area (Å²) < 4.78 is 5.32. The van der Waals surface area contributed by atoms with E-state index in [9.17, 15) is 14.7 Å². The summed E-state index contributed by atoms with van der Waals surface area (Å²) in [5, 5.41) is 12.6. The first kappa shape index (κ1) is 18.3. The predicted octanol–water partition coefficient (Wildman–Crippen LogP) is 3.86. The molecule has 1 aromatic carbocycles. The first-order chi connectivity index (χ1) is 11.0. The predicted molar refractivity (Wildman–Crippen MR) is 93.2 cm³/mol. The third kappa shape index (κ3) is 2.46. The number of rotatable bonds is 4. The van der Waals surface area contributed by atoms with Crippen LogP contribution in [0.5, 0.6) is 5.75 Å². The summed E-state index contributed by atoms with van der Waals surface area (Å²) in [5.41, 5.74) is -0.779. The Balaban J connectivity index is 2.37. The summed E-state index contributed by atoms with van der Waals surface area (Å²) in [6, 6.07) is 5.59. The molecule has 24 heavy (non-hydrogen) atoms. The molecule has 1 aliphatic carbocycles. The van der Waals surface area contributed by atoms with Crippen LogP contribution in [0.15, 0.2) is 18.2 Å². The highest BCUT2D eigenvalue weighted by molar-refractivity contribution is 5.98. The van der Waals surface area contributed by atoms with E-state index in [0.717, 1.165) is 5.56 Å². The van der Waals surface area contributed by atoms with Gasteiger partial charge in [-0.3, -0.25) is 9.59 Å². The van der Waals surface area contributed by atoms with Crippen LogP contribution in [0, 0.1) is 23.2 Å². The Morgan fingerprint density at radius 2 is 1.71 bits per heavy atom. The molecular formula is C19H27NO4. The van der Waals surface area contributed by atoms with Gasteiger partial charge in [0.15, 0.2) is 0 Å². The number of hydrogen-bond acceptors (Lipinski definition) is 3. The van der Waals surface area contributed by atoms with Crippen molar-refractivity contribution in [2.45, 2.75) is 47.5 Å². The van der Waals surface area contributed by atoms with Gasteiger partial charge >= 0.3 is 5.97 Å². The van der Waals surface area contributed by atoms with Crippen molar-refractivity contribution in [2.24, 2.45) is 16.2 Å². The van der Waals surface area contributed by atoms with Gasteiger partial charge in [-0.25, -0.2) is 0 Å². The fourth-order valence-electron chi connectivity index (χ4n) is 3.69. The summed E-state index contributed by atoms with van der Waals surface area (Å²) >= 11 is 0. The van der Waals surface area contributed by atoms with Gasteiger partial charge in [-0.2, -0.15) is 0 Å². The molecule has 1 fully saturated rings. The van der Waals surface area contributed by atoms with Gasteiger partial charge in [-0.1, -0.05) is 26.8 Å². The fraction of sp³-hybridized carbons (Fsp3) is 0.579. The van der Waals surface area contributed by atoms with Crippen LogP contribution in [0.25, 0.3) is 0 Å². The number of aliphatic carboxylic acids is 1. The van der Waals surface area contributed by atoms with E-state index in [1.54, 1.807) is 14.0 Å². The van der Waals surface area contributed by atoms with E-state index in [-0.39, 0.29) is 5.91 Å². The lowest BCUT2D eigenvalue weighted by Crippen LogP contribution is -2.49. The van der Waals surface area contributed by atoms with Crippen LogP contribution in [0.3, 0.4) is 0 Å². The molecule has 5 heteroatoms. The van der Waals surface area contributed by atoms with Gasteiger partial charge in [0.1, 0.15) is 5.75 Å². The van der Waals surface area contributed by atoms with E-state index >= 15 is 0 Å². The molecule has 132 valence electrons. The third-order valence-corrected chi connectivity index (χ3v) is 6.46. The number of anilines is 1. The normalized spacial score (nSPS) is 28.4. The largest absolute Gasteiger partial charge is 0.495 e. The molecule has 1 aromatic rings. The van der Waals surface area contributed by atoms with Gasteiger partial charge in [-0.05, 0) is 49.8 Å². The number of carbonyl (C=O) groups excluding carboxylic acids is 1. The number of ether oxygens (including phenoxy) is 1. The molecule has 1 aliphatic rings. The van der Waals surface area contributed by atoms with Gasteiger partial charge in [0, 0.05) is 0 Å². The van der Waals surface area contributed by atoms with Crippen molar-refractivity contribution in [3.63, 3.8) is 0 Å². The van der Waals surface area contributed by atoms with Crippen LogP contribution < -0.4 is 10.1 Å². The molecule has 0 spiro atoms. The molecular weight excluding hydrogens is 306 g/mol. The van der Waals surface area contributed by atoms with Crippen LogP contribution >= 0.6 is 0 Å². The van der Waals surface area contributed by atoms with Crippen LogP contribution in [0.1, 0.15) is 46.1 Å². The summed E-state index contributed by atoms with van der Waals surface area (Å²) in [6.45, 7) is 9.29. The second-order valence-corrected chi connectivity index (χ2v) is 7.75. The maximum atomic E-state index is 13.1. The molecule has 0 aliphatic heterocycles. The number of nitrogens with one attached hydrogen (secondary N) is 1. The maximum absolute atomic E-state index is 13.1. The standard InChI is InChI=1S/C19H27NO4/c1-12-7-8-14(24-6)13(11-12)20-15(21)18(4)9-10-19(5,16(22)23)17(18,2)3/h7-8,11H,9-10H2,1-6H3,(H,20,21)(H,22,23). The van der Waals surface area contributed by atoms with Gasteiger partial charge in [0.25, 0.3) is 0 Å². The minimum absolute atomic E-state index is 0.165. The first-order valence-electron chi connectivity index (χ1n) is 8.19. The highest BCUT2D eigenvalue weighted by atomic mass is 16.5. The highest BCUT2D eigenvalue weighted by Gasteiger charge is 2.64. The molecule has 1 amide bonds. The average Bonchev–Trinajstić information content (AvgIpc) is 2.70. The number of benzene rings is 1. The van der Waals surface area contributed by atoms with Crippen LogP contribution in [0.4, 0.5) is 5.69 Å². The second-order valence-electron chi connectivity index (χ2n) is 7.75. The van der Waals surface area contributed by atoms with Gasteiger partial charge in [0.05, 0.1) is 23.6 Å². The highest BCUT2D eigenvalue weighted by Crippen LogP contribution is 2.63. The Kier molecular flexibility index (Phi) is 4.42. The van der Waals surface area contributed by atoms with E-state index < -0.39 is 22.2 Å². The van der Waals surface area contributed by atoms with Gasteiger partial charge in [-0.15, -0.1) is 0 Å². The molecule has 2 atom stereocenters. The number of carboxylic acids is 1. The number of methoxy groups -OCH3 is 1. The maximum Gasteiger partial charge on any atom is 0.309 e. The number of hydrogen-bond donors (Lipinski definition) is 2. The summed E-state index contributed by atoms with van der Waals surface area (Å²) in [6.07, 6.45) is 1.01. The summed E-state index contributed by atoms with van der Waals surface area (Å²) in [4.78, 5) is 24.9. The van der Waals surface area contributed by atoms with Crippen molar-refractivity contribution in [1.29, 1.82) is 0 Å². The lowest BCUT2D eigenvalue weighted by atomic mass is 9.59. The molecule has 2 unspecified atom stereocenters. The molecule has 0 saturated heterocycles. The van der Waals surface area contributed by atoms with Crippen molar-refractivity contribution < 1.29 is 19.4 Å². The van der Waals surface area contributed by atoms with Crippen LogP contribution in [-0.4, -0.2) is 24.1 Å². The summed E-state index contributed by atoms with van der Waals surface area (Å²) in [5.74, 6) is -0.423. The molecule has 0 heterocycles. The molecule has 0 bridgehead atoms. The Labute approximate surface area is 143 Å². The van der Waals surface area contributed by atoms with Crippen LogP contribution in [-0.2, 0) is 9.59 Å². The molecule has 2 rings (SSSR count). The SMILES string of the molecule is COc1ccc(C)cc1NC(=O)C1(C)CCC(C)(C(=O)O)C1(C)C.